The molecule has 0 fully saturated rings. The lowest BCUT2D eigenvalue weighted by molar-refractivity contribution is -0.112. The third kappa shape index (κ3) is 3.67. The molecule has 0 atom stereocenters. The number of ether oxygens (including phenoxy) is 1. The first-order valence-electron chi connectivity index (χ1n) is 9.52. The van der Waals surface area contributed by atoms with E-state index < -0.39 is 11.7 Å². The van der Waals surface area contributed by atoms with Gasteiger partial charge in [-0.2, -0.15) is 0 Å². The van der Waals surface area contributed by atoms with E-state index in [2.05, 4.69) is 5.32 Å². The Hall–Kier alpha value is -3.93. The first-order valence-corrected chi connectivity index (χ1v) is 9.52. The summed E-state index contributed by atoms with van der Waals surface area (Å²) in [5.41, 5.74) is 2.58. The number of benzene rings is 2. The van der Waals surface area contributed by atoms with Gasteiger partial charge in [0.25, 0.3) is 11.7 Å². The second-order valence-corrected chi connectivity index (χ2v) is 6.62. The summed E-state index contributed by atoms with van der Waals surface area (Å²) in [7, 11) is 0. The summed E-state index contributed by atoms with van der Waals surface area (Å²) < 4.78 is 20.6. The average molecular weight is 402 g/mol. The molecule has 4 aromatic rings. The number of amides is 1. The van der Waals surface area contributed by atoms with Gasteiger partial charge in [-0.1, -0.05) is 30.3 Å². The van der Waals surface area contributed by atoms with E-state index >= 15 is 0 Å². The Balaban J connectivity index is 1.75. The summed E-state index contributed by atoms with van der Waals surface area (Å²) >= 11 is 0. The minimum atomic E-state index is -0.783. The molecule has 0 saturated heterocycles. The molecule has 0 aliphatic rings. The van der Waals surface area contributed by atoms with Gasteiger partial charge in [-0.15, -0.1) is 0 Å². The van der Waals surface area contributed by atoms with E-state index in [4.69, 9.17) is 4.74 Å². The fourth-order valence-electron chi connectivity index (χ4n) is 3.34. The molecule has 0 spiro atoms. The van der Waals surface area contributed by atoms with Gasteiger partial charge in [-0.3, -0.25) is 9.59 Å². The summed E-state index contributed by atoms with van der Waals surface area (Å²) in [5.74, 6) is -1.37. The molecular weight excluding hydrogens is 383 g/mol. The van der Waals surface area contributed by atoms with Crippen LogP contribution in [0.5, 0.6) is 5.75 Å². The molecule has 0 bridgehead atoms. The second-order valence-electron chi connectivity index (χ2n) is 6.62. The number of fused-ring (bicyclic) bond motifs is 1. The predicted octanol–water partition coefficient (Wildman–Crippen LogP) is 4.97. The zero-order valence-electron chi connectivity index (χ0n) is 16.3. The summed E-state index contributed by atoms with van der Waals surface area (Å²) in [4.78, 5) is 26.1. The third-order valence-electron chi connectivity index (χ3n) is 4.69. The molecule has 0 aliphatic carbocycles. The summed E-state index contributed by atoms with van der Waals surface area (Å²) in [6.45, 7) is 2.27. The standard InChI is InChI=1S/C24H19FN2O3/c1-2-30-21-9-4-3-8-20(21)26-24(29)23(28)22-19(16-10-12-17(25)13-11-16)15-18-7-5-6-14-27(18)22/h3-15H,2H2,1H3,(H,26,29). The van der Waals surface area contributed by atoms with Crippen LogP contribution in [0.25, 0.3) is 16.6 Å². The van der Waals surface area contributed by atoms with Gasteiger partial charge in [0.2, 0.25) is 0 Å². The van der Waals surface area contributed by atoms with Crippen LogP contribution in [0.2, 0.25) is 0 Å². The van der Waals surface area contributed by atoms with Crippen molar-refractivity contribution in [2.75, 3.05) is 11.9 Å². The van der Waals surface area contributed by atoms with E-state index in [-0.39, 0.29) is 11.5 Å². The molecule has 2 aromatic heterocycles. The zero-order chi connectivity index (χ0) is 21.1. The Kier molecular flexibility index (Phi) is 5.30. The smallest absolute Gasteiger partial charge is 0.298 e. The summed E-state index contributed by atoms with van der Waals surface area (Å²) in [6, 6.07) is 20.0. The lowest BCUT2D eigenvalue weighted by Gasteiger charge is -2.11. The van der Waals surface area contributed by atoms with Crippen LogP contribution in [0.4, 0.5) is 10.1 Å². The van der Waals surface area contributed by atoms with Gasteiger partial charge < -0.3 is 14.5 Å². The van der Waals surface area contributed by atoms with Crippen molar-refractivity contribution >= 4 is 22.9 Å². The first-order chi connectivity index (χ1) is 14.6. The van der Waals surface area contributed by atoms with Crippen molar-refractivity contribution in [3.05, 3.63) is 90.5 Å². The molecule has 5 nitrogen and oxygen atoms in total. The molecule has 0 unspecified atom stereocenters. The highest BCUT2D eigenvalue weighted by Crippen LogP contribution is 2.29. The Morgan fingerprint density at radius 3 is 2.50 bits per heavy atom. The van der Waals surface area contributed by atoms with E-state index in [0.29, 0.717) is 29.2 Å². The van der Waals surface area contributed by atoms with Crippen LogP contribution in [0.15, 0.2) is 79.0 Å². The number of carbonyl (C=O) groups is 2. The van der Waals surface area contributed by atoms with Crippen molar-refractivity contribution in [2.45, 2.75) is 6.92 Å². The number of Topliss-reactive ketones (excluding diaryl/α,β-unsaturated/α-hetero) is 1. The Morgan fingerprint density at radius 2 is 1.73 bits per heavy atom. The van der Waals surface area contributed by atoms with Crippen molar-refractivity contribution in [1.82, 2.24) is 4.40 Å². The van der Waals surface area contributed by atoms with E-state index in [9.17, 15) is 14.0 Å². The molecule has 4 rings (SSSR count). The Labute approximate surface area is 172 Å². The summed E-state index contributed by atoms with van der Waals surface area (Å²) in [6.07, 6.45) is 1.72. The van der Waals surface area contributed by atoms with Gasteiger partial charge in [0.1, 0.15) is 17.3 Å². The molecule has 0 aliphatic heterocycles. The quantitative estimate of drug-likeness (QED) is 0.366. The predicted molar refractivity (Wildman–Crippen MR) is 113 cm³/mol. The molecule has 6 heteroatoms. The maximum atomic E-state index is 13.4. The number of para-hydroxylation sites is 2. The normalized spacial score (nSPS) is 10.7. The molecule has 0 radical (unpaired) electrons. The molecule has 0 saturated carbocycles. The Morgan fingerprint density at radius 1 is 1.00 bits per heavy atom. The van der Waals surface area contributed by atoms with Crippen molar-refractivity contribution < 1.29 is 18.7 Å². The van der Waals surface area contributed by atoms with Crippen LogP contribution >= 0.6 is 0 Å². The molecule has 150 valence electrons. The van der Waals surface area contributed by atoms with Crippen molar-refractivity contribution in [2.24, 2.45) is 0 Å². The number of nitrogens with zero attached hydrogens (tertiary/aromatic N) is 1. The van der Waals surface area contributed by atoms with Gasteiger partial charge in [0.15, 0.2) is 0 Å². The number of pyridine rings is 1. The van der Waals surface area contributed by atoms with E-state index in [1.807, 2.05) is 25.1 Å². The van der Waals surface area contributed by atoms with Gasteiger partial charge in [-0.05, 0) is 55.0 Å². The highest BCUT2D eigenvalue weighted by Gasteiger charge is 2.25. The maximum absolute atomic E-state index is 13.4. The molecular formula is C24H19FN2O3. The lowest BCUT2D eigenvalue weighted by atomic mass is 10.0. The highest BCUT2D eigenvalue weighted by atomic mass is 19.1. The fraction of sp³-hybridized carbons (Fsp3) is 0.0833. The van der Waals surface area contributed by atoms with E-state index in [1.54, 1.807) is 53.1 Å². The van der Waals surface area contributed by atoms with Crippen LogP contribution < -0.4 is 10.1 Å². The third-order valence-corrected chi connectivity index (χ3v) is 4.69. The number of rotatable bonds is 6. The topological polar surface area (TPSA) is 59.8 Å². The zero-order valence-corrected chi connectivity index (χ0v) is 16.3. The monoisotopic (exact) mass is 402 g/mol. The van der Waals surface area contributed by atoms with E-state index in [0.717, 1.165) is 5.52 Å². The van der Waals surface area contributed by atoms with Gasteiger partial charge in [0.05, 0.1) is 12.3 Å². The SMILES string of the molecule is CCOc1ccccc1NC(=O)C(=O)c1c(-c2ccc(F)cc2)cc2ccccn12. The number of nitrogens with one attached hydrogen (secondary N) is 1. The largest absolute Gasteiger partial charge is 0.492 e. The van der Waals surface area contributed by atoms with Crippen molar-refractivity contribution in [3.8, 4) is 16.9 Å². The fourth-order valence-corrected chi connectivity index (χ4v) is 3.34. The molecule has 2 heterocycles. The molecule has 30 heavy (non-hydrogen) atoms. The summed E-state index contributed by atoms with van der Waals surface area (Å²) in [5, 5.41) is 2.65. The number of carbonyl (C=O) groups excluding carboxylic acids is 2. The highest BCUT2D eigenvalue weighted by molar-refractivity contribution is 6.47. The molecule has 1 amide bonds. The van der Waals surface area contributed by atoms with Gasteiger partial charge in [0, 0.05) is 17.3 Å². The van der Waals surface area contributed by atoms with E-state index in [1.165, 1.54) is 12.1 Å². The first kappa shape index (κ1) is 19.4. The molecule has 1 N–H and O–H groups in total. The number of anilines is 1. The van der Waals surface area contributed by atoms with Crippen LogP contribution in [0.1, 0.15) is 17.4 Å². The van der Waals surface area contributed by atoms with Gasteiger partial charge >= 0.3 is 0 Å². The number of ketones is 1. The molecule has 2 aromatic carbocycles. The number of hydrogen-bond donors (Lipinski definition) is 1. The number of aromatic nitrogens is 1. The van der Waals surface area contributed by atoms with Crippen LogP contribution in [0.3, 0.4) is 0 Å². The Bertz CT molecular complexity index is 1230. The average Bonchev–Trinajstić information content (AvgIpc) is 3.14. The second kappa shape index (κ2) is 8.21. The van der Waals surface area contributed by atoms with Crippen molar-refractivity contribution in [1.29, 1.82) is 0 Å². The van der Waals surface area contributed by atoms with Crippen LogP contribution in [-0.2, 0) is 4.79 Å². The van der Waals surface area contributed by atoms with Crippen LogP contribution in [0, 0.1) is 5.82 Å². The van der Waals surface area contributed by atoms with Gasteiger partial charge in [-0.25, -0.2) is 4.39 Å². The number of halogens is 1. The van der Waals surface area contributed by atoms with Crippen LogP contribution in [-0.4, -0.2) is 22.7 Å². The minimum Gasteiger partial charge on any atom is -0.492 e. The lowest BCUT2D eigenvalue weighted by Crippen LogP contribution is -2.25. The van der Waals surface area contributed by atoms with Crippen molar-refractivity contribution in [3.63, 3.8) is 0 Å². The minimum absolute atomic E-state index is 0.212. The number of hydrogen-bond acceptors (Lipinski definition) is 3. The maximum Gasteiger partial charge on any atom is 0.298 e.